The van der Waals surface area contributed by atoms with Gasteiger partial charge >= 0.3 is 20.8 Å². The number of aromatic amines is 2. The van der Waals surface area contributed by atoms with Gasteiger partial charge in [-0.25, -0.2) is 0 Å². The van der Waals surface area contributed by atoms with E-state index in [0.29, 0.717) is 0 Å². The van der Waals surface area contributed by atoms with Crippen molar-refractivity contribution < 1.29 is 34.6 Å². The first-order chi connectivity index (χ1) is 9.99. The number of nitrogen functional groups attached to an aromatic ring is 2. The van der Waals surface area contributed by atoms with Gasteiger partial charge in [-0.1, -0.05) is 8.67 Å². The Bertz CT molecular complexity index is 644. The standard InChI is InChI=1S/2C4H6N2.H2O8S2/c2*5-4-2-1-3-6-4;1-9(2,3)7-8-10(4,5)6/h2*1-3,6H,5H2;(H,1,2,3)(H,4,5,6). The van der Waals surface area contributed by atoms with Crippen molar-refractivity contribution >= 4 is 32.4 Å². The molecule has 0 aliphatic carbocycles. The van der Waals surface area contributed by atoms with Crippen molar-refractivity contribution in [3.63, 3.8) is 0 Å². The first-order valence-electron chi connectivity index (χ1n) is 5.10. The lowest BCUT2D eigenvalue weighted by atomic mass is 10.6. The highest BCUT2D eigenvalue weighted by molar-refractivity contribution is 7.83. The highest BCUT2D eigenvalue weighted by atomic mass is 32.3. The summed E-state index contributed by atoms with van der Waals surface area (Å²) in [7, 11) is -10.0. The summed E-state index contributed by atoms with van der Waals surface area (Å²) < 4.78 is 58.9. The van der Waals surface area contributed by atoms with Crippen LogP contribution in [0.25, 0.3) is 0 Å². The van der Waals surface area contributed by atoms with Gasteiger partial charge < -0.3 is 21.4 Å². The van der Waals surface area contributed by atoms with Crippen molar-refractivity contribution in [2.45, 2.75) is 0 Å². The summed E-state index contributed by atoms with van der Waals surface area (Å²) >= 11 is 0. The monoisotopic (exact) mass is 358 g/mol. The number of rotatable bonds is 3. The lowest BCUT2D eigenvalue weighted by molar-refractivity contribution is -0.105. The zero-order valence-electron chi connectivity index (χ0n) is 10.8. The van der Waals surface area contributed by atoms with Crippen molar-refractivity contribution in [1.82, 2.24) is 9.97 Å². The number of hydrogen-bond donors (Lipinski definition) is 6. The Morgan fingerprint density at radius 2 is 1.14 bits per heavy atom. The van der Waals surface area contributed by atoms with Gasteiger partial charge in [0.15, 0.2) is 0 Å². The van der Waals surface area contributed by atoms with Crippen LogP contribution in [0.3, 0.4) is 0 Å². The van der Waals surface area contributed by atoms with Crippen molar-refractivity contribution in [2.24, 2.45) is 0 Å². The lowest BCUT2D eigenvalue weighted by Crippen LogP contribution is -2.10. The summed E-state index contributed by atoms with van der Waals surface area (Å²) in [4.78, 5) is 5.56. The van der Waals surface area contributed by atoms with E-state index in [-0.39, 0.29) is 0 Å². The SMILES string of the molecule is Nc1ccc[nH]1.Nc1ccc[nH]1.O=S(=O)(O)OOS(=O)(=O)O. The minimum atomic E-state index is -5.02. The van der Waals surface area contributed by atoms with E-state index in [4.69, 9.17) is 20.6 Å². The van der Waals surface area contributed by atoms with E-state index >= 15 is 0 Å². The normalized spacial score (nSPS) is 10.8. The average Bonchev–Trinajstić information content (AvgIpc) is 3.00. The fourth-order valence-electron chi connectivity index (χ4n) is 0.759. The molecular weight excluding hydrogens is 344 g/mol. The molecule has 0 fully saturated rings. The summed E-state index contributed by atoms with van der Waals surface area (Å²) in [5, 5.41) is 0. The van der Waals surface area contributed by atoms with E-state index in [1.165, 1.54) is 0 Å². The molecule has 22 heavy (non-hydrogen) atoms. The molecule has 2 aromatic heterocycles. The predicted octanol–water partition coefficient (Wildman–Crippen LogP) is -0.266. The van der Waals surface area contributed by atoms with Crippen molar-refractivity contribution in [2.75, 3.05) is 11.5 Å². The van der Waals surface area contributed by atoms with Gasteiger partial charge in [0.25, 0.3) is 0 Å². The van der Waals surface area contributed by atoms with Crippen LogP contribution in [0.5, 0.6) is 0 Å². The molecule has 0 bridgehead atoms. The topological polar surface area (TPSA) is 211 Å². The Morgan fingerprint density at radius 1 is 0.818 bits per heavy atom. The summed E-state index contributed by atoms with van der Waals surface area (Å²) in [6, 6.07) is 7.32. The zero-order chi connectivity index (χ0) is 17.2. The summed E-state index contributed by atoms with van der Waals surface area (Å²) in [6.45, 7) is 0. The minimum absolute atomic E-state index is 0.718. The second-order valence-corrected chi connectivity index (χ2v) is 5.23. The fourth-order valence-corrected chi connectivity index (χ4v) is 1.32. The van der Waals surface area contributed by atoms with Crippen LogP contribution in [0, 0.1) is 0 Å². The number of nitrogens with one attached hydrogen (secondary N) is 2. The molecule has 2 rings (SSSR count). The van der Waals surface area contributed by atoms with Crippen LogP contribution in [0.2, 0.25) is 0 Å². The van der Waals surface area contributed by atoms with Crippen LogP contribution >= 0.6 is 0 Å². The second kappa shape index (κ2) is 9.03. The highest BCUT2D eigenvalue weighted by Gasteiger charge is 2.13. The maximum absolute atomic E-state index is 9.51. The smallest absolute Gasteiger partial charge is 0.385 e. The molecule has 8 N–H and O–H groups in total. The van der Waals surface area contributed by atoms with Gasteiger partial charge in [-0.05, 0) is 24.3 Å². The van der Waals surface area contributed by atoms with Crippen LogP contribution in [0.15, 0.2) is 36.7 Å². The Labute approximate surface area is 125 Å². The molecule has 0 aliphatic heterocycles. The Balaban J connectivity index is 0.000000315. The largest absolute Gasteiger partial charge is 0.425 e. The number of anilines is 2. The van der Waals surface area contributed by atoms with Crippen LogP contribution in [0.4, 0.5) is 11.6 Å². The van der Waals surface area contributed by atoms with E-state index in [2.05, 4.69) is 18.6 Å². The van der Waals surface area contributed by atoms with Crippen LogP contribution < -0.4 is 11.5 Å². The molecular formula is C8H14N4O8S2. The molecule has 14 heteroatoms. The van der Waals surface area contributed by atoms with Crippen molar-refractivity contribution in [3.05, 3.63) is 36.7 Å². The molecule has 0 radical (unpaired) electrons. The molecule has 0 amide bonds. The predicted molar refractivity (Wildman–Crippen MR) is 75.7 cm³/mol. The zero-order valence-corrected chi connectivity index (χ0v) is 12.4. The third-order valence-electron chi connectivity index (χ3n) is 1.44. The first-order valence-corrected chi connectivity index (χ1v) is 7.83. The molecule has 0 saturated carbocycles. The van der Waals surface area contributed by atoms with E-state index in [0.717, 1.165) is 11.6 Å². The van der Waals surface area contributed by atoms with Gasteiger partial charge in [0, 0.05) is 12.4 Å². The van der Waals surface area contributed by atoms with Crippen LogP contribution in [-0.2, 0) is 29.5 Å². The van der Waals surface area contributed by atoms with E-state index in [9.17, 15) is 16.8 Å². The third kappa shape index (κ3) is 14.3. The molecule has 2 heterocycles. The lowest BCUT2D eigenvalue weighted by Gasteiger charge is -1.92. The van der Waals surface area contributed by atoms with Crippen molar-refractivity contribution in [3.8, 4) is 0 Å². The average molecular weight is 358 g/mol. The van der Waals surface area contributed by atoms with Gasteiger partial charge in [-0.3, -0.25) is 9.11 Å². The Hall–Kier alpha value is -2.10. The summed E-state index contributed by atoms with van der Waals surface area (Å²) in [5.74, 6) is 1.44. The molecule has 0 aromatic carbocycles. The molecule has 0 atom stereocenters. The number of hydrogen-bond acceptors (Lipinski definition) is 8. The maximum Gasteiger partial charge on any atom is 0.425 e. The van der Waals surface area contributed by atoms with Crippen molar-refractivity contribution in [1.29, 1.82) is 0 Å². The molecule has 2 aromatic rings. The number of nitrogens with two attached hydrogens (primary N) is 2. The second-order valence-electron chi connectivity index (χ2n) is 3.24. The first kappa shape index (κ1) is 19.9. The summed E-state index contributed by atoms with van der Waals surface area (Å²) in [5.41, 5.74) is 10.4. The van der Waals surface area contributed by atoms with Gasteiger partial charge in [0.05, 0.1) is 0 Å². The molecule has 12 nitrogen and oxygen atoms in total. The molecule has 0 saturated heterocycles. The van der Waals surface area contributed by atoms with Crippen LogP contribution in [0.1, 0.15) is 0 Å². The van der Waals surface area contributed by atoms with E-state index in [1.54, 1.807) is 24.5 Å². The number of H-pyrrole nitrogens is 2. The number of aromatic nitrogens is 2. The van der Waals surface area contributed by atoms with Gasteiger partial charge in [0.1, 0.15) is 11.6 Å². The Morgan fingerprint density at radius 3 is 1.23 bits per heavy atom. The molecule has 0 aliphatic rings. The molecule has 0 spiro atoms. The van der Waals surface area contributed by atoms with Crippen LogP contribution in [-0.4, -0.2) is 35.9 Å². The quantitative estimate of drug-likeness (QED) is 0.240. The van der Waals surface area contributed by atoms with E-state index < -0.39 is 20.8 Å². The van der Waals surface area contributed by atoms with Gasteiger partial charge in [-0.15, -0.1) is 0 Å². The maximum atomic E-state index is 9.51. The fraction of sp³-hybridized carbons (Fsp3) is 0. The molecule has 126 valence electrons. The van der Waals surface area contributed by atoms with E-state index in [1.807, 2.05) is 12.1 Å². The Kier molecular flexibility index (Phi) is 8.17. The highest BCUT2D eigenvalue weighted by Crippen LogP contribution is 1.92. The van der Waals surface area contributed by atoms with Gasteiger partial charge in [0.2, 0.25) is 0 Å². The molecule has 0 unspecified atom stereocenters. The third-order valence-corrected chi connectivity index (χ3v) is 2.01. The van der Waals surface area contributed by atoms with Gasteiger partial charge in [-0.2, -0.15) is 16.8 Å². The summed E-state index contributed by atoms with van der Waals surface area (Å²) in [6.07, 6.45) is 3.57. The minimum Gasteiger partial charge on any atom is -0.385 e.